The summed E-state index contributed by atoms with van der Waals surface area (Å²) in [5.74, 6) is -0.353. The summed E-state index contributed by atoms with van der Waals surface area (Å²) in [6.45, 7) is -0.395. The van der Waals surface area contributed by atoms with E-state index in [0.717, 1.165) is 4.90 Å². The smallest absolute Gasteiger partial charge is 0.411 e. The minimum atomic E-state index is -1.24. The van der Waals surface area contributed by atoms with E-state index in [4.69, 9.17) is 4.74 Å². The van der Waals surface area contributed by atoms with E-state index in [9.17, 15) is 24.3 Å². The van der Waals surface area contributed by atoms with Gasteiger partial charge in [0.1, 0.15) is 6.61 Å². The van der Waals surface area contributed by atoms with Crippen LogP contribution in [0, 0.1) is 0 Å². The predicted octanol–water partition coefficient (Wildman–Crippen LogP) is 7.42. The Balaban J connectivity index is 0.942. The van der Waals surface area contributed by atoms with Gasteiger partial charge in [-0.1, -0.05) is 36.4 Å². The lowest BCUT2D eigenvalue weighted by Gasteiger charge is -2.20. The molecule has 266 valence electrons. The third-order valence-electron chi connectivity index (χ3n) is 8.42. The number of anilines is 2. The van der Waals surface area contributed by atoms with Gasteiger partial charge in [0.05, 0.1) is 51.2 Å². The van der Waals surface area contributed by atoms with Crippen molar-refractivity contribution in [2.24, 2.45) is 0 Å². The van der Waals surface area contributed by atoms with Gasteiger partial charge in [-0.3, -0.25) is 19.8 Å². The van der Waals surface area contributed by atoms with Crippen molar-refractivity contribution in [3.05, 3.63) is 141 Å². The Bertz CT molecular complexity index is 2690. The molecule has 0 saturated carbocycles. The number of nitrogens with one attached hydrogen (secondary N) is 1. The summed E-state index contributed by atoms with van der Waals surface area (Å²) < 4.78 is 8.50. The lowest BCUT2D eigenvalue weighted by atomic mass is 10.1. The van der Waals surface area contributed by atoms with Gasteiger partial charge in [0.2, 0.25) is 11.6 Å². The number of thiophene rings is 2. The minimum absolute atomic E-state index is 0.153. The number of ketones is 2. The molecule has 8 aromatic rings. The number of fused-ring (bicyclic) bond motifs is 2. The molecule has 2 aromatic carbocycles. The summed E-state index contributed by atoms with van der Waals surface area (Å²) in [7, 11) is 0. The predicted molar refractivity (Wildman–Crippen MR) is 203 cm³/mol. The third-order valence-corrected chi connectivity index (χ3v) is 10.2. The second-order valence-corrected chi connectivity index (χ2v) is 13.6. The molecule has 6 aromatic heterocycles. The van der Waals surface area contributed by atoms with Crippen LogP contribution in [0.5, 0.6) is 0 Å². The van der Waals surface area contributed by atoms with Crippen LogP contribution < -0.4 is 10.2 Å². The first-order valence-corrected chi connectivity index (χ1v) is 18.1. The number of rotatable bonds is 11. The van der Waals surface area contributed by atoms with E-state index in [0.29, 0.717) is 66.1 Å². The minimum Gasteiger partial charge on any atom is -0.465 e. The SMILES string of the molecule is O=C(Nc1cccc(-c2ccnc3c(C(=O)c4cccs4)cnn23)c1)OCCN(C(=O)O)c1cccc(-c2ccnc3c(C(=O)c4cccs4)cnn23)c1. The molecule has 0 aliphatic heterocycles. The third kappa shape index (κ3) is 6.57. The van der Waals surface area contributed by atoms with Gasteiger partial charge in [0.15, 0.2) is 11.3 Å². The van der Waals surface area contributed by atoms with E-state index >= 15 is 0 Å². The van der Waals surface area contributed by atoms with Gasteiger partial charge in [-0.15, -0.1) is 22.7 Å². The van der Waals surface area contributed by atoms with E-state index in [2.05, 4.69) is 25.5 Å². The highest BCUT2D eigenvalue weighted by atomic mass is 32.1. The van der Waals surface area contributed by atoms with Gasteiger partial charge in [0, 0.05) is 34.9 Å². The van der Waals surface area contributed by atoms with Crippen molar-refractivity contribution >= 4 is 69.1 Å². The molecule has 0 radical (unpaired) electrons. The fourth-order valence-electron chi connectivity index (χ4n) is 5.93. The molecule has 0 atom stereocenters. The van der Waals surface area contributed by atoms with Gasteiger partial charge in [-0.05, 0) is 59.3 Å². The molecule has 2 N–H and O–H groups in total. The number of carboxylic acid groups (broad SMARTS) is 1. The topological polar surface area (TPSA) is 173 Å². The Labute approximate surface area is 313 Å². The molecule has 2 amide bonds. The normalized spacial score (nSPS) is 11.1. The summed E-state index contributed by atoms with van der Waals surface area (Å²) in [5.41, 5.74) is 4.86. The number of hydrogen-bond acceptors (Lipinski definition) is 11. The van der Waals surface area contributed by atoms with E-state index in [-0.39, 0.29) is 24.7 Å². The number of amides is 2. The monoisotopic (exact) mass is 754 g/mol. The van der Waals surface area contributed by atoms with Crippen LogP contribution in [0.4, 0.5) is 21.0 Å². The van der Waals surface area contributed by atoms with E-state index in [1.54, 1.807) is 94.2 Å². The van der Waals surface area contributed by atoms with Gasteiger partial charge >= 0.3 is 12.2 Å². The molecule has 14 nitrogen and oxygen atoms in total. The number of nitrogens with zero attached hydrogens (tertiary/aromatic N) is 7. The molecule has 0 spiro atoms. The van der Waals surface area contributed by atoms with Crippen molar-refractivity contribution in [3.63, 3.8) is 0 Å². The first-order valence-electron chi connectivity index (χ1n) is 16.3. The fraction of sp³-hybridized carbons (Fsp3) is 0.0526. The highest BCUT2D eigenvalue weighted by Gasteiger charge is 2.21. The van der Waals surface area contributed by atoms with Crippen LogP contribution in [0.1, 0.15) is 30.5 Å². The van der Waals surface area contributed by atoms with Crippen molar-refractivity contribution in [1.29, 1.82) is 0 Å². The van der Waals surface area contributed by atoms with Crippen LogP contribution in [0.15, 0.2) is 120 Å². The summed E-state index contributed by atoms with van der Waals surface area (Å²) in [5, 5.41) is 25.3. The number of hydrogen-bond donors (Lipinski definition) is 2. The highest BCUT2D eigenvalue weighted by Crippen LogP contribution is 2.28. The number of benzene rings is 2. The number of carbonyl (C=O) groups excluding carboxylic acids is 3. The van der Waals surface area contributed by atoms with Gasteiger partial charge in [-0.2, -0.15) is 10.2 Å². The first kappa shape index (κ1) is 34.1. The van der Waals surface area contributed by atoms with Crippen molar-refractivity contribution in [1.82, 2.24) is 29.2 Å². The Morgan fingerprint density at radius 1 is 0.722 bits per heavy atom. The van der Waals surface area contributed by atoms with Gasteiger partial charge in [0.25, 0.3) is 0 Å². The Kier molecular flexibility index (Phi) is 9.17. The molecule has 0 bridgehead atoms. The Hall–Kier alpha value is -7.04. The summed E-state index contributed by atoms with van der Waals surface area (Å²) in [4.78, 5) is 62.3. The van der Waals surface area contributed by atoms with Crippen molar-refractivity contribution in [3.8, 4) is 22.5 Å². The summed E-state index contributed by atoms with van der Waals surface area (Å²) in [6.07, 6.45) is 4.11. The van der Waals surface area contributed by atoms with Crippen molar-refractivity contribution < 1.29 is 29.0 Å². The summed E-state index contributed by atoms with van der Waals surface area (Å²) >= 11 is 2.67. The second-order valence-electron chi connectivity index (χ2n) is 11.7. The Morgan fingerprint density at radius 2 is 1.30 bits per heavy atom. The fourth-order valence-corrected chi connectivity index (χ4v) is 7.29. The molecule has 0 fully saturated rings. The molecule has 0 aliphatic carbocycles. The average molecular weight is 755 g/mol. The lowest BCUT2D eigenvalue weighted by Crippen LogP contribution is -2.33. The molecule has 54 heavy (non-hydrogen) atoms. The van der Waals surface area contributed by atoms with Crippen LogP contribution >= 0.6 is 22.7 Å². The molecule has 6 heterocycles. The Morgan fingerprint density at radius 3 is 1.85 bits per heavy atom. The maximum absolute atomic E-state index is 13.1. The van der Waals surface area contributed by atoms with Gasteiger partial charge < -0.3 is 9.84 Å². The zero-order valence-corrected chi connectivity index (χ0v) is 29.5. The molecule has 0 saturated heterocycles. The largest absolute Gasteiger partial charge is 0.465 e. The standard InChI is InChI=1S/C38H26N8O6S2/c47-33(31-9-3-17-53-31)27-21-41-45-29(11-13-39-35(27)45)23-5-1-7-25(19-23)43-37(49)52-16-15-44(38(50)51)26-8-2-6-24(20-26)30-12-14-40-36-28(22-42-46(30)36)34(48)32-10-4-18-54-32/h1-14,17-22H,15-16H2,(H,43,49)(H,50,51). The molecule has 8 rings (SSSR count). The molecule has 16 heteroatoms. The van der Waals surface area contributed by atoms with Crippen molar-refractivity contribution in [2.75, 3.05) is 23.4 Å². The van der Waals surface area contributed by atoms with Crippen LogP contribution in [0.25, 0.3) is 33.8 Å². The number of ether oxygens (including phenoxy) is 1. The molecular formula is C38H26N8O6S2. The van der Waals surface area contributed by atoms with E-state index < -0.39 is 12.2 Å². The average Bonchev–Trinajstić information content (AvgIpc) is 4.03. The summed E-state index contributed by atoms with van der Waals surface area (Å²) in [6, 6.07) is 24.4. The molecule has 0 aliphatic rings. The van der Waals surface area contributed by atoms with Gasteiger partial charge in [-0.25, -0.2) is 28.6 Å². The molecule has 0 unspecified atom stereocenters. The quantitative estimate of drug-likeness (QED) is 0.127. The van der Waals surface area contributed by atoms with E-state index in [1.807, 2.05) is 22.9 Å². The van der Waals surface area contributed by atoms with Crippen molar-refractivity contribution in [2.45, 2.75) is 0 Å². The first-order chi connectivity index (χ1) is 26.4. The number of carbonyl (C=O) groups is 4. The zero-order valence-electron chi connectivity index (χ0n) is 27.9. The van der Waals surface area contributed by atoms with Crippen LogP contribution in [0.2, 0.25) is 0 Å². The number of aromatic nitrogens is 6. The van der Waals surface area contributed by atoms with Crippen LogP contribution in [0.3, 0.4) is 0 Å². The zero-order chi connectivity index (χ0) is 37.2. The maximum Gasteiger partial charge on any atom is 0.411 e. The second kappa shape index (κ2) is 14.5. The van der Waals surface area contributed by atoms with Crippen LogP contribution in [-0.4, -0.2) is 71.2 Å². The molecular weight excluding hydrogens is 729 g/mol. The lowest BCUT2D eigenvalue weighted by molar-refractivity contribution is 0.103. The van der Waals surface area contributed by atoms with Crippen LogP contribution in [-0.2, 0) is 4.74 Å². The van der Waals surface area contributed by atoms with E-state index in [1.165, 1.54) is 35.1 Å². The maximum atomic E-state index is 13.1. The highest BCUT2D eigenvalue weighted by molar-refractivity contribution is 7.12.